The highest BCUT2D eigenvalue weighted by atomic mass is 79.9. The van der Waals surface area contributed by atoms with Gasteiger partial charge in [0.05, 0.1) is 0 Å². The number of hydrogen-bond donors (Lipinski definition) is 1. The lowest BCUT2D eigenvalue weighted by Crippen LogP contribution is -2.19. The fraction of sp³-hybridized carbons (Fsp3) is 0.429. The molecule has 0 saturated carbocycles. The number of hydrogen-bond acceptors (Lipinski definition) is 2. The average molecular weight is 334 g/mol. The molecule has 0 atom stereocenters. The van der Waals surface area contributed by atoms with Gasteiger partial charge >= 0.3 is 6.61 Å². The fourth-order valence-electron chi connectivity index (χ4n) is 1.49. The lowest BCUT2D eigenvalue weighted by atomic mass is 10.2. The number of rotatable bonds is 7. The van der Waals surface area contributed by atoms with Crippen LogP contribution >= 0.6 is 15.9 Å². The summed E-state index contributed by atoms with van der Waals surface area (Å²) < 4.78 is 29.8. The van der Waals surface area contributed by atoms with Crippen LogP contribution in [0.1, 0.15) is 19.4 Å². The lowest BCUT2D eigenvalue weighted by Gasteiger charge is -2.08. The van der Waals surface area contributed by atoms with E-state index in [0.717, 1.165) is 11.0 Å². The van der Waals surface area contributed by atoms with Gasteiger partial charge in [0.15, 0.2) is 0 Å². The number of benzene rings is 1. The van der Waals surface area contributed by atoms with Crippen LogP contribution in [0.4, 0.5) is 8.78 Å². The van der Waals surface area contributed by atoms with Crippen molar-refractivity contribution in [3.8, 4) is 5.75 Å². The molecule has 0 aromatic heterocycles. The van der Waals surface area contributed by atoms with Crippen LogP contribution in [-0.2, 0) is 0 Å². The molecule has 0 radical (unpaired) electrons. The second-order valence-electron chi connectivity index (χ2n) is 4.52. The first-order valence-electron chi connectivity index (χ1n) is 6.10. The predicted octanol–water partition coefficient (Wildman–Crippen LogP) is 4.31. The third kappa shape index (κ3) is 6.68. The Morgan fingerprint density at radius 2 is 2.11 bits per heavy atom. The van der Waals surface area contributed by atoms with Crippen molar-refractivity contribution in [1.29, 1.82) is 0 Å². The van der Waals surface area contributed by atoms with Gasteiger partial charge in [0.2, 0.25) is 0 Å². The minimum atomic E-state index is -2.81. The minimum absolute atomic E-state index is 0.179. The van der Waals surface area contributed by atoms with Gasteiger partial charge in [-0.1, -0.05) is 41.9 Å². The standard InChI is InChI=1S/C14H18BrF2NO/c1-10(2)9-18-7-3-4-11-8-12(15)5-6-13(11)19-14(16)17/h3-6,8,10,14,18H,7,9H2,1-2H3. The Morgan fingerprint density at radius 1 is 1.37 bits per heavy atom. The molecule has 0 aliphatic rings. The van der Waals surface area contributed by atoms with Crippen molar-refractivity contribution in [2.24, 2.45) is 5.92 Å². The van der Waals surface area contributed by atoms with Crippen LogP contribution in [0.15, 0.2) is 28.7 Å². The van der Waals surface area contributed by atoms with Crippen LogP contribution in [-0.4, -0.2) is 19.7 Å². The Kier molecular flexibility index (Phi) is 7.02. The molecule has 2 nitrogen and oxygen atoms in total. The van der Waals surface area contributed by atoms with Crippen molar-refractivity contribution >= 4 is 22.0 Å². The molecule has 1 aromatic carbocycles. The van der Waals surface area contributed by atoms with Gasteiger partial charge in [-0.15, -0.1) is 0 Å². The zero-order valence-corrected chi connectivity index (χ0v) is 12.6. The van der Waals surface area contributed by atoms with Crippen LogP contribution in [0.3, 0.4) is 0 Å². The van der Waals surface area contributed by atoms with Crippen molar-refractivity contribution in [1.82, 2.24) is 5.32 Å². The zero-order chi connectivity index (χ0) is 14.3. The van der Waals surface area contributed by atoms with Gasteiger partial charge in [-0.3, -0.25) is 0 Å². The summed E-state index contributed by atoms with van der Waals surface area (Å²) in [7, 11) is 0. The molecule has 0 heterocycles. The normalized spacial score (nSPS) is 11.7. The highest BCUT2D eigenvalue weighted by molar-refractivity contribution is 9.10. The van der Waals surface area contributed by atoms with Gasteiger partial charge < -0.3 is 10.1 Å². The molecule has 0 fully saturated rings. The maximum Gasteiger partial charge on any atom is 0.387 e. The molecule has 1 aromatic rings. The van der Waals surface area contributed by atoms with E-state index in [1.165, 1.54) is 6.07 Å². The van der Waals surface area contributed by atoms with Gasteiger partial charge in [0, 0.05) is 16.6 Å². The third-order valence-corrected chi connectivity index (χ3v) is 2.79. The molecule has 0 saturated heterocycles. The van der Waals surface area contributed by atoms with Gasteiger partial charge in [-0.2, -0.15) is 8.78 Å². The predicted molar refractivity (Wildman–Crippen MR) is 77.5 cm³/mol. The van der Waals surface area contributed by atoms with E-state index in [4.69, 9.17) is 0 Å². The van der Waals surface area contributed by atoms with Crippen molar-refractivity contribution in [3.05, 3.63) is 34.3 Å². The van der Waals surface area contributed by atoms with E-state index in [9.17, 15) is 8.78 Å². The monoisotopic (exact) mass is 333 g/mol. The molecular weight excluding hydrogens is 316 g/mol. The van der Waals surface area contributed by atoms with E-state index in [1.807, 2.05) is 6.08 Å². The molecule has 0 amide bonds. The van der Waals surface area contributed by atoms with E-state index in [0.29, 0.717) is 18.0 Å². The smallest absolute Gasteiger partial charge is 0.387 e. The van der Waals surface area contributed by atoms with Crippen LogP contribution in [0.2, 0.25) is 0 Å². The van der Waals surface area contributed by atoms with E-state index in [1.54, 1.807) is 18.2 Å². The number of alkyl halides is 2. The first-order valence-corrected chi connectivity index (χ1v) is 6.90. The van der Waals surface area contributed by atoms with Gasteiger partial charge in [0.25, 0.3) is 0 Å². The Balaban J connectivity index is 2.64. The number of ether oxygens (including phenoxy) is 1. The van der Waals surface area contributed by atoms with Crippen LogP contribution in [0, 0.1) is 5.92 Å². The molecule has 5 heteroatoms. The topological polar surface area (TPSA) is 21.3 Å². The van der Waals surface area contributed by atoms with E-state index >= 15 is 0 Å². The molecule has 1 rings (SSSR count). The molecule has 0 aliphatic heterocycles. The summed E-state index contributed by atoms with van der Waals surface area (Å²) in [5, 5.41) is 3.24. The summed E-state index contributed by atoms with van der Waals surface area (Å²) in [6.45, 7) is 3.05. The summed E-state index contributed by atoms with van der Waals surface area (Å²) in [5.74, 6) is 0.760. The fourth-order valence-corrected chi connectivity index (χ4v) is 1.87. The SMILES string of the molecule is CC(C)CNCC=Cc1cc(Br)ccc1OC(F)F. The molecule has 0 unspecified atom stereocenters. The highest BCUT2D eigenvalue weighted by Gasteiger charge is 2.08. The second-order valence-corrected chi connectivity index (χ2v) is 5.43. The maximum atomic E-state index is 12.3. The maximum absolute atomic E-state index is 12.3. The average Bonchev–Trinajstić information content (AvgIpc) is 2.31. The molecule has 1 N–H and O–H groups in total. The van der Waals surface area contributed by atoms with Gasteiger partial charge in [0.1, 0.15) is 5.75 Å². The van der Waals surface area contributed by atoms with Gasteiger partial charge in [-0.05, 0) is 30.7 Å². The summed E-state index contributed by atoms with van der Waals surface area (Å²) in [6.07, 6.45) is 3.66. The Morgan fingerprint density at radius 3 is 2.74 bits per heavy atom. The summed E-state index contributed by atoms with van der Waals surface area (Å²) in [6, 6.07) is 4.94. The molecule has 0 bridgehead atoms. The van der Waals surface area contributed by atoms with Crippen molar-refractivity contribution in [2.45, 2.75) is 20.5 Å². The quantitative estimate of drug-likeness (QED) is 0.751. The highest BCUT2D eigenvalue weighted by Crippen LogP contribution is 2.25. The molecule has 19 heavy (non-hydrogen) atoms. The number of nitrogens with one attached hydrogen (secondary N) is 1. The largest absolute Gasteiger partial charge is 0.434 e. The van der Waals surface area contributed by atoms with E-state index in [2.05, 4.69) is 39.8 Å². The first-order chi connectivity index (χ1) is 8.99. The summed E-state index contributed by atoms with van der Waals surface area (Å²) in [4.78, 5) is 0. The Hall–Kier alpha value is -0.940. The molecule has 106 valence electrons. The lowest BCUT2D eigenvalue weighted by molar-refractivity contribution is -0.0499. The van der Waals surface area contributed by atoms with Crippen LogP contribution < -0.4 is 10.1 Å². The van der Waals surface area contributed by atoms with Crippen molar-refractivity contribution < 1.29 is 13.5 Å². The summed E-state index contributed by atoms with van der Waals surface area (Å²) in [5.41, 5.74) is 0.626. The third-order valence-electron chi connectivity index (χ3n) is 2.30. The van der Waals surface area contributed by atoms with Gasteiger partial charge in [-0.25, -0.2) is 0 Å². The summed E-state index contributed by atoms with van der Waals surface area (Å²) >= 11 is 3.31. The zero-order valence-electron chi connectivity index (χ0n) is 11.0. The molecule has 0 spiro atoms. The Labute approximate surface area is 121 Å². The van der Waals surface area contributed by atoms with Crippen molar-refractivity contribution in [2.75, 3.05) is 13.1 Å². The molecule has 0 aliphatic carbocycles. The van der Waals surface area contributed by atoms with E-state index < -0.39 is 6.61 Å². The molecular formula is C14H18BrF2NO. The van der Waals surface area contributed by atoms with Crippen molar-refractivity contribution in [3.63, 3.8) is 0 Å². The van der Waals surface area contributed by atoms with Crippen LogP contribution in [0.25, 0.3) is 6.08 Å². The number of halogens is 3. The first kappa shape index (κ1) is 16.1. The van der Waals surface area contributed by atoms with Crippen LogP contribution in [0.5, 0.6) is 5.75 Å². The van der Waals surface area contributed by atoms with E-state index in [-0.39, 0.29) is 5.75 Å². The minimum Gasteiger partial charge on any atom is -0.434 e. The second kappa shape index (κ2) is 8.27. The Bertz CT molecular complexity index is 422.